The largest absolute Gasteiger partial charge is 0.481 e. The van der Waals surface area contributed by atoms with Crippen LogP contribution in [0.1, 0.15) is 39.9 Å². The molecule has 0 aromatic heterocycles. The molecule has 1 atom stereocenters. The van der Waals surface area contributed by atoms with Crippen molar-refractivity contribution in [2.75, 3.05) is 5.32 Å². The maximum absolute atomic E-state index is 12.4. The Morgan fingerprint density at radius 1 is 1.12 bits per heavy atom. The summed E-state index contributed by atoms with van der Waals surface area (Å²) >= 11 is 0. The summed E-state index contributed by atoms with van der Waals surface area (Å²) in [4.78, 5) is 23.3. The topological polar surface area (TPSA) is 92.4 Å². The number of benzene rings is 2. The van der Waals surface area contributed by atoms with Crippen molar-refractivity contribution in [1.29, 1.82) is 0 Å². The number of rotatable bonds is 5. The van der Waals surface area contributed by atoms with Gasteiger partial charge in [-0.2, -0.15) is 0 Å². The number of aryl methyl sites for hydroxylation is 1. The van der Waals surface area contributed by atoms with E-state index in [1.807, 2.05) is 30.3 Å². The number of amides is 1. The van der Waals surface area contributed by atoms with Gasteiger partial charge in [-0.15, -0.1) is 0 Å². The van der Waals surface area contributed by atoms with Crippen LogP contribution >= 0.6 is 0 Å². The van der Waals surface area contributed by atoms with Crippen LogP contribution in [0.4, 0.5) is 5.69 Å². The van der Waals surface area contributed by atoms with Gasteiger partial charge in [0.25, 0.3) is 5.91 Å². The highest BCUT2D eigenvalue weighted by Gasteiger charge is 2.21. The normalized spacial score (nSPS) is 16.1. The smallest absolute Gasteiger partial charge is 0.303 e. The zero-order valence-electron chi connectivity index (χ0n) is 14.0. The molecule has 2 aromatic carbocycles. The Labute approximate surface area is 146 Å². The molecule has 0 spiro atoms. The number of carboxylic acid groups (broad SMARTS) is 1. The summed E-state index contributed by atoms with van der Waals surface area (Å²) in [5.41, 5.74) is 10.2. The van der Waals surface area contributed by atoms with E-state index in [0.29, 0.717) is 12.1 Å². The molecule has 0 fully saturated rings. The van der Waals surface area contributed by atoms with Crippen LogP contribution in [-0.2, 0) is 24.2 Å². The first-order valence-corrected chi connectivity index (χ1v) is 8.49. The third kappa shape index (κ3) is 4.25. The third-order valence-corrected chi connectivity index (χ3v) is 4.71. The van der Waals surface area contributed by atoms with Crippen LogP contribution in [0, 0.1) is 5.92 Å². The Balaban J connectivity index is 1.71. The minimum atomic E-state index is -0.751. The van der Waals surface area contributed by atoms with Crippen LogP contribution in [-0.4, -0.2) is 17.0 Å². The first-order chi connectivity index (χ1) is 12.0. The molecule has 1 amide bonds. The average molecular weight is 338 g/mol. The van der Waals surface area contributed by atoms with Crippen molar-refractivity contribution in [3.05, 3.63) is 64.7 Å². The molecule has 5 nitrogen and oxygen atoms in total. The second-order valence-corrected chi connectivity index (χ2v) is 6.55. The number of hydrogen-bond acceptors (Lipinski definition) is 3. The van der Waals surface area contributed by atoms with Crippen LogP contribution in [0.3, 0.4) is 0 Å². The maximum atomic E-state index is 12.4. The first kappa shape index (κ1) is 17.2. The summed E-state index contributed by atoms with van der Waals surface area (Å²) in [5.74, 6) is -0.750. The molecule has 1 aliphatic rings. The van der Waals surface area contributed by atoms with Gasteiger partial charge in [0.15, 0.2) is 0 Å². The number of carbonyl (C=O) groups excluding carboxylic acids is 1. The van der Waals surface area contributed by atoms with Gasteiger partial charge in [-0.25, -0.2) is 0 Å². The van der Waals surface area contributed by atoms with E-state index in [1.54, 1.807) is 12.1 Å². The molecule has 25 heavy (non-hydrogen) atoms. The summed E-state index contributed by atoms with van der Waals surface area (Å²) in [6.45, 7) is 0.449. The molecule has 130 valence electrons. The quantitative estimate of drug-likeness (QED) is 0.781. The highest BCUT2D eigenvalue weighted by Crippen LogP contribution is 2.29. The Morgan fingerprint density at radius 2 is 1.88 bits per heavy atom. The van der Waals surface area contributed by atoms with Crippen molar-refractivity contribution in [3.63, 3.8) is 0 Å². The molecule has 2 aromatic rings. The number of carboxylic acids is 1. The Kier molecular flexibility index (Phi) is 5.14. The SMILES string of the molecule is NCc1ccc(C(=O)Nc2ccc3c(c2)CC(CC(=O)O)CC3)cc1. The van der Waals surface area contributed by atoms with Gasteiger partial charge < -0.3 is 16.2 Å². The van der Waals surface area contributed by atoms with Crippen LogP contribution in [0.15, 0.2) is 42.5 Å². The van der Waals surface area contributed by atoms with Crippen LogP contribution in [0.25, 0.3) is 0 Å². The summed E-state index contributed by atoms with van der Waals surface area (Å²) < 4.78 is 0. The van der Waals surface area contributed by atoms with Gasteiger partial charge in [0.2, 0.25) is 0 Å². The average Bonchev–Trinajstić information content (AvgIpc) is 2.61. The van der Waals surface area contributed by atoms with Crippen LogP contribution in [0.5, 0.6) is 0 Å². The van der Waals surface area contributed by atoms with Crippen molar-refractivity contribution in [1.82, 2.24) is 0 Å². The van der Waals surface area contributed by atoms with E-state index < -0.39 is 5.97 Å². The van der Waals surface area contributed by atoms with E-state index in [-0.39, 0.29) is 18.2 Å². The fourth-order valence-electron chi connectivity index (χ4n) is 3.33. The molecule has 4 N–H and O–H groups in total. The van der Waals surface area contributed by atoms with E-state index in [4.69, 9.17) is 10.8 Å². The van der Waals surface area contributed by atoms with Crippen LogP contribution in [0.2, 0.25) is 0 Å². The standard InChI is InChI=1S/C20H22N2O3/c21-12-13-1-5-16(6-2-13)20(25)22-18-8-7-15-4-3-14(10-19(23)24)9-17(15)11-18/h1-2,5-8,11,14H,3-4,9-10,12,21H2,(H,22,25)(H,23,24). The van der Waals surface area contributed by atoms with Gasteiger partial charge in [0.05, 0.1) is 0 Å². The van der Waals surface area contributed by atoms with E-state index >= 15 is 0 Å². The lowest BCUT2D eigenvalue weighted by molar-refractivity contribution is -0.138. The molecule has 1 aliphatic carbocycles. The van der Waals surface area contributed by atoms with E-state index in [9.17, 15) is 9.59 Å². The molecule has 5 heteroatoms. The highest BCUT2D eigenvalue weighted by molar-refractivity contribution is 6.04. The fraction of sp³-hybridized carbons (Fsp3) is 0.300. The molecular weight excluding hydrogens is 316 g/mol. The number of carbonyl (C=O) groups is 2. The maximum Gasteiger partial charge on any atom is 0.303 e. The molecular formula is C20H22N2O3. The van der Waals surface area contributed by atoms with Gasteiger partial charge in [0.1, 0.15) is 0 Å². The summed E-state index contributed by atoms with van der Waals surface area (Å²) in [6, 6.07) is 13.1. The van der Waals surface area contributed by atoms with E-state index in [2.05, 4.69) is 5.32 Å². The monoisotopic (exact) mass is 338 g/mol. The van der Waals surface area contributed by atoms with Gasteiger partial charge in [-0.1, -0.05) is 18.2 Å². The minimum Gasteiger partial charge on any atom is -0.481 e. The number of fused-ring (bicyclic) bond motifs is 1. The summed E-state index contributed by atoms with van der Waals surface area (Å²) in [5, 5.41) is 11.9. The molecule has 1 unspecified atom stereocenters. The molecule has 0 saturated heterocycles. The Hall–Kier alpha value is -2.66. The molecule has 0 heterocycles. The van der Waals surface area contributed by atoms with Crippen LogP contribution < -0.4 is 11.1 Å². The predicted octanol–water partition coefficient (Wildman–Crippen LogP) is 2.98. The minimum absolute atomic E-state index is 0.165. The second-order valence-electron chi connectivity index (χ2n) is 6.55. The molecule has 0 saturated carbocycles. The number of nitrogens with two attached hydrogens (primary N) is 1. The van der Waals surface area contributed by atoms with Gasteiger partial charge in [0, 0.05) is 24.2 Å². The van der Waals surface area contributed by atoms with Crippen molar-refractivity contribution in [2.45, 2.75) is 32.2 Å². The Bertz CT molecular complexity index is 784. The van der Waals surface area contributed by atoms with E-state index in [1.165, 1.54) is 5.56 Å². The zero-order chi connectivity index (χ0) is 17.8. The molecule has 3 rings (SSSR count). The lowest BCUT2D eigenvalue weighted by atomic mass is 9.82. The summed E-state index contributed by atoms with van der Waals surface area (Å²) in [6.07, 6.45) is 2.74. The van der Waals surface area contributed by atoms with Gasteiger partial charge >= 0.3 is 5.97 Å². The number of anilines is 1. The van der Waals surface area contributed by atoms with E-state index in [0.717, 1.165) is 36.1 Å². The number of nitrogens with one attached hydrogen (secondary N) is 1. The zero-order valence-corrected chi connectivity index (χ0v) is 14.0. The molecule has 0 radical (unpaired) electrons. The fourth-order valence-corrected chi connectivity index (χ4v) is 3.33. The summed E-state index contributed by atoms with van der Waals surface area (Å²) in [7, 11) is 0. The second kappa shape index (κ2) is 7.49. The highest BCUT2D eigenvalue weighted by atomic mass is 16.4. The first-order valence-electron chi connectivity index (χ1n) is 8.49. The lowest BCUT2D eigenvalue weighted by Gasteiger charge is -2.24. The van der Waals surface area contributed by atoms with Gasteiger partial charge in [-0.3, -0.25) is 9.59 Å². The number of aliphatic carboxylic acids is 1. The molecule has 0 bridgehead atoms. The lowest BCUT2D eigenvalue weighted by Crippen LogP contribution is -2.18. The Morgan fingerprint density at radius 3 is 2.56 bits per heavy atom. The molecule has 0 aliphatic heterocycles. The van der Waals surface area contributed by atoms with Crippen molar-refractivity contribution in [2.24, 2.45) is 11.7 Å². The third-order valence-electron chi connectivity index (χ3n) is 4.71. The predicted molar refractivity (Wildman–Crippen MR) is 96.5 cm³/mol. The van der Waals surface area contributed by atoms with Crippen molar-refractivity contribution in [3.8, 4) is 0 Å². The number of hydrogen-bond donors (Lipinski definition) is 3. The van der Waals surface area contributed by atoms with Crippen molar-refractivity contribution < 1.29 is 14.7 Å². The van der Waals surface area contributed by atoms with Crippen molar-refractivity contribution >= 4 is 17.6 Å². The van der Waals surface area contributed by atoms with Gasteiger partial charge in [-0.05, 0) is 66.1 Å².